The average molecular weight is 445 g/mol. The summed E-state index contributed by atoms with van der Waals surface area (Å²) in [5.41, 5.74) is 1.18. The number of rotatable bonds is 7. The first kappa shape index (κ1) is 21.5. The number of carbonyl (C=O) groups is 2. The van der Waals surface area contributed by atoms with Gasteiger partial charge in [-0.05, 0) is 42.8 Å². The van der Waals surface area contributed by atoms with E-state index in [4.69, 9.17) is 9.47 Å². The van der Waals surface area contributed by atoms with Crippen LogP contribution < -0.4 is 9.64 Å². The number of sulfonamides is 1. The van der Waals surface area contributed by atoms with Crippen LogP contribution in [0.2, 0.25) is 0 Å². The molecule has 2 heterocycles. The molecule has 2 saturated heterocycles. The number of anilines is 1. The number of amides is 1. The van der Waals surface area contributed by atoms with Crippen LogP contribution >= 0.6 is 0 Å². The number of nitrogens with zero attached hydrogens (tertiary/aromatic N) is 2. The zero-order valence-corrected chi connectivity index (χ0v) is 17.8. The summed E-state index contributed by atoms with van der Waals surface area (Å²) >= 11 is 0. The van der Waals surface area contributed by atoms with Crippen LogP contribution in [0.15, 0.2) is 53.4 Å². The highest BCUT2D eigenvalue weighted by Crippen LogP contribution is 2.23. The largest absolute Gasteiger partial charge is 0.485 e. The SMILES string of the molecule is O=C(COc1ccc(S(=O)(=O)N2CCOCC2)cc1)c1cccc(N2CCCC2=O)c1. The second-order valence-corrected chi connectivity index (χ2v) is 9.34. The Morgan fingerprint density at radius 3 is 2.45 bits per heavy atom. The van der Waals surface area contributed by atoms with Gasteiger partial charge in [-0.15, -0.1) is 0 Å². The normalized spacial score (nSPS) is 17.7. The highest BCUT2D eigenvalue weighted by atomic mass is 32.2. The van der Waals surface area contributed by atoms with Crippen molar-refractivity contribution in [2.75, 3.05) is 44.4 Å². The van der Waals surface area contributed by atoms with E-state index in [-0.39, 0.29) is 23.2 Å². The third-order valence-corrected chi connectivity index (χ3v) is 7.27. The van der Waals surface area contributed by atoms with Crippen molar-refractivity contribution in [2.45, 2.75) is 17.7 Å². The molecule has 2 aromatic rings. The van der Waals surface area contributed by atoms with Gasteiger partial charge in [-0.1, -0.05) is 12.1 Å². The van der Waals surface area contributed by atoms with Gasteiger partial charge in [0.25, 0.3) is 0 Å². The Hall–Kier alpha value is -2.75. The number of ketones is 1. The average Bonchev–Trinajstić information content (AvgIpc) is 3.24. The Balaban J connectivity index is 1.38. The summed E-state index contributed by atoms with van der Waals surface area (Å²) in [4.78, 5) is 26.3. The molecular weight excluding hydrogens is 420 g/mol. The summed E-state index contributed by atoms with van der Waals surface area (Å²) in [5.74, 6) is 0.242. The molecule has 0 aromatic heterocycles. The molecule has 2 aromatic carbocycles. The van der Waals surface area contributed by atoms with Crippen LogP contribution in [0.25, 0.3) is 0 Å². The molecule has 8 nitrogen and oxygen atoms in total. The lowest BCUT2D eigenvalue weighted by molar-refractivity contribution is -0.117. The molecule has 2 fully saturated rings. The molecule has 9 heteroatoms. The van der Waals surface area contributed by atoms with Crippen LogP contribution in [0.1, 0.15) is 23.2 Å². The summed E-state index contributed by atoms with van der Waals surface area (Å²) < 4.78 is 37.5. The number of ether oxygens (including phenoxy) is 2. The Morgan fingerprint density at radius 2 is 1.77 bits per heavy atom. The van der Waals surface area contributed by atoms with Crippen molar-refractivity contribution in [3.63, 3.8) is 0 Å². The number of benzene rings is 2. The molecule has 2 aliphatic heterocycles. The van der Waals surface area contributed by atoms with Crippen LogP contribution in [0, 0.1) is 0 Å². The number of hydrogen-bond acceptors (Lipinski definition) is 6. The Labute approximate surface area is 181 Å². The lowest BCUT2D eigenvalue weighted by Crippen LogP contribution is -2.40. The maximum Gasteiger partial charge on any atom is 0.243 e. The fourth-order valence-corrected chi connectivity index (χ4v) is 5.05. The van der Waals surface area contributed by atoms with Crippen molar-refractivity contribution in [2.24, 2.45) is 0 Å². The van der Waals surface area contributed by atoms with Gasteiger partial charge >= 0.3 is 0 Å². The quantitative estimate of drug-likeness (QED) is 0.607. The Morgan fingerprint density at radius 1 is 1.03 bits per heavy atom. The third kappa shape index (κ3) is 4.79. The Kier molecular flexibility index (Phi) is 6.35. The molecule has 0 saturated carbocycles. The van der Waals surface area contributed by atoms with Gasteiger partial charge in [0.05, 0.1) is 18.1 Å². The van der Waals surface area contributed by atoms with Gasteiger partial charge in [0.2, 0.25) is 15.9 Å². The van der Waals surface area contributed by atoms with Crippen LogP contribution in [-0.4, -0.2) is 63.9 Å². The van der Waals surface area contributed by atoms with Gasteiger partial charge in [0.15, 0.2) is 12.4 Å². The van der Waals surface area contributed by atoms with Gasteiger partial charge in [0, 0.05) is 37.3 Å². The minimum absolute atomic E-state index is 0.0629. The zero-order chi connectivity index (χ0) is 21.8. The number of hydrogen-bond donors (Lipinski definition) is 0. The van der Waals surface area contributed by atoms with Gasteiger partial charge < -0.3 is 14.4 Å². The highest BCUT2D eigenvalue weighted by molar-refractivity contribution is 7.89. The smallest absolute Gasteiger partial charge is 0.243 e. The van der Waals surface area contributed by atoms with E-state index in [9.17, 15) is 18.0 Å². The molecular formula is C22H24N2O6S. The second kappa shape index (κ2) is 9.17. The van der Waals surface area contributed by atoms with Crippen molar-refractivity contribution in [3.8, 4) is 5.75 Å². The van der Waals surface area contributed by atoms with Crippen molar-refractivity contribution in [1.82, 2.24) is 4.31 Å². The monoisotopic (exact) mass is 444 g/mol. The first-order chi connectivity index (χ1) is 14.9. The lowest BCUT2D eigenvalue weighted by atomic mass is 10.1. The van der Waals surface area contributed by atoms with Crippen molar-refractivity contribution < 1.29 is 27.5 Å². The summed E-state index contributed by atoms with van der Waals surface area (Å²) in [6.45, 7) is 1.90. The molecule has 164 valence electrons. The maximum atomic E-state index is 12.7. The Bertz CT molecular complexity index is 1060. The number of Topliss-reactive ketones (excluding diaryl/α,β-unsaturated/α-hetero) is 1. The van der Waals surface area contributed by atoms with E-state index in [2.05, 4.69) is 0 Å². The topological polar surface area (TPSA) is 93.2 Å². The molecule has 2 aliphatic rings. The molecule has 0 atom stereocenters. The van der Waals surface area contributed by atoms with E-state index >= 15 is 0 Å². The minimum atomic E-state index is -3.57. The summed E-state index contributed by atoms with van der Waals surface area (Å²) in [7, 11) is -3.57. The van der Waals surface area contributed by atoms with Gasteiger partial charge in [-0.25, -0.2) is 8.42 Å². The van der Waals surface area contributed by atoms with Gasteiger partial charge in [-0.2, -0.15) is 4.31 Å². The van der Waals surface area contributed by atoms with Crippen molar-refractivity contribution >= 4 is 27.4 Å². The molecule has 0 aliphatic carbocycles. The van der Waals surface area contributed by atoms with Crippen LogP contribution in [-0.2, 0) is 19.6 Å². The molecule has 0 bridgehead atoms. The van der Waals surface area contributed by atoms with E-state index < -0.39 is 10.0 Å². The van der Waals surface area contributed by atoms with E-state index in [1.54, 1.807) is 35.2 Å². The van der Waals surface area contributed by atoms with E-state index in [0.29, 0.717) is 56.3 Å². The molecule has 1 amide bonds. The lowest BCUT2D eigenvalue weighted by Gasteiger charge is -2.26. The first-order valence-electron chi connectivity index (χ1n) is 10.2. The van der Waals surface area contributed by atoms with Crippen molar-refractivity contribution in [1.29, 1.82) is 0 Å². The zero-order valence-electron chi connectivity index (χ0n) is 17.0. The maximum absolute atomic E-state index is 12.7. The van der Waals surface area contributed by atoms with E-state index in [1.165, 1.54) is 16.4 Å². The summed E-state index contributed by atoms with van der Waals surface area (Å²) in [6.07, 6.45) is 1.34. The molecule has 0 spiro atoms. The van der Waals surface area contributed by atoms with Crippen LogP contribution in [0.3, 0.4) is 0 Å². The highest BCUT2D eigenvalue weighted by Gasteiger charge is 2.26. The van der Waals surface area contributed by atoms with Crippen molar-refractivity contribution in [3.05, 3.63) is 54.1 Å². The predicted molar refractivity (Wildman–Crippen MR) is 114 cm³/mol. The summed E-state index contributed by atoms with van der Waals surface area (Å²) in [6, 6.07) is 13.0. The molecule has 0 unspecified atom stereocenters. The van der Waals surface area contributed by atoms with Crippen LogP contribution in [0.4, 0.5) is 5.69 Å². The fourth-order valence-electron chi connectivity index (χ4n) is 3.64. The third-order valence-electron chi connectivity index (χ3n) is 5.35. The standard InChI is InChI=1S/C22H24N2O6S/c25-21(17-3-1-4-18(15-17)24-10-2-5-22(24)26)16-30-19-6-8-20(9-7-19)31(27,28)23-11-13-29-14-12-23/h1,3-4,6-9,15H,2,5,10-14,16H2. The van der Waals surface area contributed by atoms with Crippen LogP contribution in [0.5, 0.6) is 5.75 Å². The number of carbonyl (C=O) groups excluding carboxylic acids is 2. The van der Waals surface area contributed by atoms with E-state index in [0.717, 1.165) is 6.42 Å². The second-order valence-electron chi connectivity index (χ2n) is 7.40. The fraction of sp³-hybridized carbons (Fsp3) is 0.364. The first-order valence-corrected chi connectivity index (χ1v) is 11.6. The molecule has 0 radical (unpaired) electrons. The van der Waals surface area contributed by atoms with Gasteiger partial charge in [-0.3, -0.25) is 9.59 Å². The van der Waals surface area contributed by atoms with E-state index in [1.807, 2.05) is 6.07 Å². The molecule has 31 heavy (non-hydrogen) atoms. The minimum Gasteiger partial charge on any atom is -0.485 e. The molecule has 0 N–H and O–H groups in total. The predicted octanol–water partition coefficient (Wildman–Crippen LogP) is 2.10. The summed E-state index contributed by atoms with van der Waals surface area (Å²) in [5, 5.41) is 0. The molecule has 4 rings (SSSR count). The number of morpholine rings is 1. The van der Waals surface area contributed by atoms with Gasteiger partial charge in [0.1, 0.15) is 5.75 Å².